The highest BCUT2D eigenvalue weighted by Gasteiger charge is 2.32. The molecule has 25 heavy (non-hydrogen) atoms. The minimum atomic E-state index is -0.787. The number of halogens is 1. The van der Waals surface area contributed by atoms with Crippen LogP contribution in [0.15, 0.2) is 48.8 Å². The molecular weight excluding hydrogens is 321 g/mol. The molecule has 136 valence electrons. The number of carbonyl (C=O) groups excluding carboxylic acids is 1. The number of likely N-dealkylation sites (tertiary alicyclic amines) is 1. The topological polar surface area (TPSA) is 78.6 Å². The maximum absolute atomic E-state index is 13.7. The van der Waals surface area contributed by atoms with E-state index < -0.39 is 5.60 Å². The first-order chi connectivity index (χ1) is 11.9. The van der Waals surface area contributed by atoms with E-state index in [2.05, 4.69) is 16.8 Å². The Morgan fingerprint density at radius 2 is 2.08 bits per heavy atom. The van der Waals surface area contributed by atoms with Crippen molar-refractivity contribution in [2.45, 2.75) is 31.3 Å². The van der Waals surface area contributed by atoms with Crippen LogP contribution in [-0.2, 0) is 11.2 Å². The zero-order chi connectivity index (χ0) is 18.3. The second-order valence-electron chi connectivity index (χ2n) is 6.53. The highest BCUT2D eigenvalue weighted by atomic mass is 19.1. The van der Waals surface area contributed by atoms with E-state index in [0.29, 0.717) is 56.5 Å². The van der Waals surface area contributed by atoms with E-state index in [0.717, 1.165) is 0 Å². The number of amides is 1. The molecule has 2 rings (SSSR count). The van der Waals surface area contributed by atoms with Gasteiger partial charge in [0.1, 0.15) is 5.82 Å². The molecule has 0 radical (unpaired) electrons. The molecule has 0 atom stereocenters. The highest BCUT2D eigenvalue weighted by molar-refractivity contribution is 5.93. The fourth-order valence-corrected chi connectivity index (χ4v) is 3.01. The van der Waals surface area contributed by atoms with Gasteiger partial charge in [0, 0.05) is 37.6 Å². The summed E-state index contributed by atoms with van der Waals surface area (Å²) in [4.78, 5) is 13.9. The summed E-state index contributed by atoms with van der Waals surface area (Å²) in [6.07, 6.45) is 4.86. The molecule has 0 spiro atoms. The van der Waals surface area contributed by atoms with Gasteiger partial charge in [0.15, 0.2) is 0 Å². The van der Waals surface area contributed by atoms with Crippen LogP contribution in [0.4, 0.5) is 4.39 Å². The molecule has 1 aliphatic heterocycles. The molecule has 1 saturated heterocycles. The third-order valence-electron chi connectivity index (χ3n) is 4.65. The Morgan fingerprint density at radius 3 is 2.72 bits per heavy atom. The van der Waals surface area contributed by atoms with Gasteiger partial charge in [-0.25, -0.2) is 4.39 Å². The number of carbonyl (C=O) groups is 1. The van der Waals surface area contributed by atoms with Crippen LogP contribution in [0, 0.1) is 5.82 Å². The molecule has 0 saturated carbocycles. The van der Waals surface area contributed by atoms with Crippen LogP contribution in [0.2, 0.25) is 0 Å². The molecule has 1 aromatic rings. The molecule has 4 N–H and O–H groups in total. The number of nitrogens with one attached hydrogen (secondary N) is 1. The molecule has 1 heterocycles. The van der Waals surface area contributed by atoms with Crippen molar-refractivity contribution in [3.8, 4) is 0 Å². The Morgan fingerprint density at radius 1 is 1.40 bits per heavy atom. The van der Waals surface area contributed by atoms with Crippen molar-refractivity contribution in [1.82, 2.24) is 10.2 Å². The SMILES string of the molecule is C=C(CN1CCC(O)(CCc2ccccc2F)CC1)C(=O)N/C=C\N. The van der Waals surface area contributed by atoms with Crippen LogP contribution in [0.1, 0.15) is 24.8 Å². The van der Waals surface area contributed by atoms with E-state index in [-0.39, 0.29) is 11.7 Å². The van der Waals surface area contributed by atoms with Crippen LogP contribution in [-0.4, -0.2) is 41.1 Å². The number of benzene rings is 1. The lowest BCUT2D eigenvalue weighted by atomic mass is 9.85. The maximum atomic E-state index is 13.7. The summed E-state index contributed by atoms with van der Waals surface area (Å²) in [5.74, 6) is -0.487. The Kier molecular flexibility index (Phi) is 6.73. The van der Waals surface area contributed by atoms with Crippen molar-refractivity contribution in [1.29, 1.82) is 0 Å². The number of hydrogen-bond acceptors (Lipinski definition) is 4. The first-order valence-electron chi connectivity index (χ1n) is 8.47. The summed E-state index contributed by atoms with van der Waals surface area (Å²) in [5, 5.41) is 13.3. The van der Waals surface area contributed by atoms with Crippen molar-refractivity contribution in [3.05, 3.63) is 60.2 Å². The molecule has 0 aromatic heterocycles. The predicted octanol–water partition coefficient (Wildman–Crippen LogP) is 1.69. The van der Waals surface area contributed by atoms with E-state index >= 15 is 0 Å². The van der Waals surface area contributed by atoms with Gasteiger partial charge >= 0.3 is 0 Å². The Bertz CT molecular complexity index is 637. The number of aliphatic hydroxyl groups is 1. The third kappa shape index (κ3) is 5.69. The smallest absolute Gasteiger partial charge is 0.251 e. The quantitative estimate of drug-likeness (QED) is 0.656. The first kappa shape index (κ1) is 19.1. The van der Waals surface area contributed by atoms with E-state index in [1.165, 1.54) is 18.5 Å². The molecule has 1 aliphatic rings. The number of aryl methyl sites for hydroxylation is 1. The maximum Gasteiger partial charge on any atom is 0.251 e. The van der Waals surface area contributed by atoms with Crippen molar-refractivity contribution in [2.24, 2.45) is 5.73 Å². The van der Waals surface area contributed by atoms with E-state index in [1.54, 1.807) is 12.1 Å². The molecule has 0 aliphatic carbocycles. The monoisotopic (exact) mass is 347 g/mol. The molecule has 5 nitrogen and oxygen atoms in total. The normalized spacial score (nSPS) is 17.5. The second kappa shape index (κ2) is 8.78. The van der Waals surface area contributed by atoms with Gasteiger partial charge in [-0.15, -0.1) is 0 Å². The highest BCUT2D eigenvalue weighted by Crippen LogP contribution is 2.28. The summed E-state index contributed by atoms with van der Waals surface area (Å²) < 4.78 is 13.7. The lowest BCUT2D eigenvalue weighted by molar-refractivity contribution is -0.116. The van der Waals surface area contributed by atoms with Crippen LogP contribution in [0.3, 0.4) is 0 Å². The third-order valence-corrected chi connectivity index (χ3v) is 4.65. The largest absolute Gasteiger partial charge is 0.403 e. The molecule has 0 bridgehead atoms. The van der Waals surface area contributed by atoms with Crippen molar-refractivity contribution >= 4 is 5.91 Å². The molecule has 6 heteroatoms. The second-order valence-corrected chi connectivity index (χ2v) is 6.53. The molecule has 1 amide bonds. The zero-order valence-electron chi connectivity index (χ0n) is 14.4. The number of nitrogens with two attached hydrogens (primary N) is 1. The van der Waals surface area contributed by atoms with Gasteiger partial charge in [-0.2, -0.15) is 0 Å². The van der Waals surface area contributed by atoms with E-state index in [9.17, 15) is 14.3 Å². The summed E-state index contributed by atoms with van der Waals surface area (Å²) in [7, 11) is 0. The fraction of sp³-hybridized carbons (Fsp3) is 0.421. The van der Waals surface area contributed by atoms with Gasteiger partial charge < -0.3 is 16.2 Å². The van der Waals surface area contributed by atoms with E-state index in [4.69, 9.17) is 5.73 Å². The van der Waals surface area contributed by atoms with Gasteiger partial charge in [-0.05, 0) is 37.3 Å². The summed E-state index contributed by atoms with van der Waals surface area (Å²) in [6, 6.07) is 6.67. The van der Waals surface area contributed by atoms with Crippen molar-refractivity contribution < 1.29 is 14.3 Å². The summed E-state index contributed by atoms with van der Waals surface area (Å²) in [6.45, 7) is 5.59. The summed E-state index contributed by atoms with van der Waals surface area (Å²) >= 11 is 0. The average molecular weight is 347 g/mol. The Balaban J connectivity index is 1.79. The molecule has 1 aromatic carbocycles. The van der Waals surface area contributed by atoms with Crippen LogP contribution < -0.4 is 11.1 Å². The standard InChI is InChI=1S/C19H26FN3O2/c1-15(18(24)22-11-10-21)14-23-12-8-19(25,9-13-23)7-6-16-4-2-3-5-17(16)20/h2-5,10-11,25H,1,6-9,12-14,21H2,(H,22,24)/b11-10-. The van der Waals surface area contributed by atoms with Gasteiger partial charge in [-0.3, -0.25) is 9.69 Å². The Labute approximate surface area is 148 Å². The minimum absolute atomic E-state index is 0.225. The van der Waals surface area contributed by atoms with Gasteiger partial charge in [-0.1, -0.05) is 24.8 Å². The molecular formula is C19H26FN3O2. The fourth-order valence-electron chi connectivity index (χ4n) is 3.01. The Hall–Kier alpha value is -2.18. The van der Waals surface area contributed by atoms with Gasteiger partial charge in [0.2, 0.25) is 0 Å². The lowest BCUT2D eigenvalue weighted by Crippen LogP contribution is -2.45. The average Bonchev–Trinajstić information content (AvgIpc) is 2.61. The van der Waals surface area contributed by atoms with Crippen LogP contribution >= 0.6 is 0 Å². The minimum Gasteiger partial charge on any atom is -0.403 e. The van der Waals surface area contributed by atoms with Crippen molar-refractivity contribution in [3.63, 3.8) is 0 Å². The van der Waals surface area contributed by atoms with Gasteiger partial charge in [0.25, 0.3) is 5.91 Å². The zero-order valence-corrected chi connectivity index (χ0v) is 14.4. The molecule has 1 fully saturated rings. The predicted molar refractivity (Wildman–Crippen MR) is 96.0 cm³/mol. The number of rotatable bonds is 7. The number of hydrogen-bond donors (Lipinski definition) is 3. The lowest BCUT2D eigenvalue weighted by Gasteiger charge is -2.38. The number of nitrogens with zero attached hydrogens (tertiary/aromatic N) is 1. The van der Waals surface area contributed by atoms with Crippen LogP contribution in [0.5, 0.6) is 0 Å². The summed E-state index contributed by atoms with van der Waals surface area (Å²) in [5.41, 5.74) is 5.49. The van der Waals surface area contributed by atoms with Crippen LogP contribution in [0.25, 0.3) is 0 Å². The molecule has 0 unspecified atom stereocenters. The van der Waals surface area contributed by atoms with Crippen molar-refractivity contribution in [2.75, 3.05) is 19.6 Å². The first-order valence-corrected chi connectivity index (χ1v) is 8.47. The van der Waals surface area contributed by atoms with Gasteiger partial charge in [0.05, 0.1) is 5.60 Å². The number of piperidine rings is 1. The van der Waals surface area contributed by atoms with E-state index in [1.807, 2.05) is 6.07 Å².